The third kappa shape index (κ3) is 5.83. The van der Waals surface area contributed by atoms with E-state index in [9.17, 15) is 10.1 Å². The van der Waals surface area contributed by atoms with Gasteiger partial charge in [0.25, 0.3) is 0 Å². The molecule has 2 aromatic carbocycles. The van der Waals surface area contributed by atoms with Gasteiger partial charge in [-0.2, -0.15) is 5.26 Å². The minimum Gasteiger partial charge on any atom is -0.352 e. The Kier molecular flexibility index (Phi) is 8.22. The standard InChI is InChI=1S/C32H41N5O/c1-23-8-7-9-24(20-23)28(18-19-36(22-33)26-16-14-25(15-17-26)35-32(34)38)30-21-37(27-10-3-2-4-11-27)31-13-6-5-12-29(30)31/h5-9,12-13,20-21,25-28H,2-4,10-11,14-19H2,1H3,(H3,34,35,38)/t25-,26-,28?. The zero-order valence-electron chi connectivity index (χ0n) is 22.6. The maximum atomic E-state index is 11.3. The van der Waals surface area contributed by atoms with E-state index in [0.29, 0.717) is 6.04 Å². The topological polar surface area (TPSA) is 87.1 Å². The lowest BCUT2D eigenvalue weighted by Crippen LogP contribution is -2.44. The number of nitriles is 1. The van der Waals surface area contributed by atoms with Crippen molar-refractivity contribution in [3.8, 4) is 6.19 Å². The first-order valence-corrected chi connectivity index (χ1v) is 14.4. The van der Waals surface area contributed by atoms with Crippen molar-refractivity contribution < 1.29 is 4.79 Å². The molecule has 5 rings (SSSR count). The van der Waals surface area contributed by atoms with Gasteiger partial charge in [0.15, 0.2) is 6.19 Å². The highest BCUT2D eigenvalue weighted by molar-refractivity contribution is 5.85. The van der Waals surface area contributed by atoms with E-state index >= 15 is 0 Å². The summed E-state index contributed by atoms with van der Waals surface area (Å²) >= 11 is 0. The summed E-state index contributed by atoms with van der Waals surface area (Å²) in [5.74, 6) is 0.216. The molecule has 1 atom stereocenters. The molecule has 2 amide bonds. The number of carbonyl (C=O) groups is 1. The Balaban J connectivity index is 1.41. The van der Waals surface area contributed by atoms with Crippen molar-refractivity contribution in [1.82, 2.24) is 14.8 Å². The fourth-order valence-corrected chi connectivity index (χ4v) is 6.87. The van der Waals surface area contributed by atoms with Gasteiger partial charge >= 0.3 is 6.03 Å². The van der Waals surface area contributed by atoms with Gasteiger partial charge in [0.1, 0.15) is 0 Å². The van der Waals surface area contributed by atoms with Crippen LogP contribution in [0.2, 0.25) is 0 Å². The highest BCUT2D eigenvalue weighted by atomic mass is 16.2. The van der Waals surface area contributed by atoms with Gasteiger partial charge < -0.3 is 20.5 Å². The Bertz CT molecular complexity index is 1280. The average molecular weight is 512 g/mol. The Morgan fingerprint density at radius 2 is 1.84 bits per heavy atom. The van der Waals surface area contributed by atoms with E-state index in [2.05, 4.69) is 77.7 Å². The van der Waals surface area contributed by atoms with Crippen LogP contribution in [0.5, 0.6) is 0 Å². The quantitative estimate of drug-likeness (QED) is 0.259. The van der Waals surface area contributed by atoms with Crippen LogP contribution in [0, 0.1) is 18.4 Å². The first-order chi connectivity index (χ1) is 18.5. The maximum absolute atomic E-state index is 11.3. The maximum Gasteiger partial charge on any atom is 0.312 e. The van der Waals surface area contributed by atoms with E-state index in [1.54, 1.807) is 0 Å². The molecule has 1 unspecified atom stereocenters. The zero-order chi connectivity index (χ0) is 26.5. The lowest BCUT2D eigenvalue weighted by molar-refractivity contribution is 0.198. The molecule has 2 aliphatic rings. The van der Waals surface area contributed by atoms with Gasteiger partial charge in [0.2, 0.25) is 0 Å². The van der Waals surface area contributed by atoms with Crippen LogP contribution in [-0.2, 0) is 0 Å². The van der Waals surface area contributed by atoms with Crippen LogP contribution < -0.4 is 11.1 Å². The molecule has 1 heterocycles. The molecule has 1 aromatic heterocycles. The first kappa shape index (κ1) is 26.2. The van der Waals surface area contributed by atoms with Gasteiger partial charge in [0, 0.05) is 47.7 Å². The summed E-state index contributed by atoms with van der Waals surface area (Å²) < 4.78 is 2.56. The van der Waals surface area contributed by atoms with E-state index in [1.807, 2.05) is 4.90 Å². The van der Waals surface area contributed by atoms with Gasteiger partial charge in [-0.05, 0) is 69.1 Å². The number of aryl methyl sites for hydroxylation is 1. The van der Waals surface area contributed by atoms with Crippen molar-refractivity contribution in [2.45, 2.75) is 95.2 Å². The zero-order valence-corrected chi connectivity index (χ0v) is 22.6. The highest BCUT2D eigenvalue weighted by Crippen LogP contribution is 2.39. The lowest BCUT2D eigenvalue weighted by atomic mass is 9.86. The second-order valence-electron chi connectivity index (χ2n) is 11.4. The van der Waals surface area contributed by atoms with Crippen molar-refractivity contribution in [2.75, 3.05) is 6.54 Å². The molecule has 3 N–H and O–H groups in total. The number of hydrogen-bond donors (Lipinski definition) is 2. The minimum absolute atomic E-state index is 0.121. The number of fused-ring (bicyclic) bond motifs is 1. The first-order valence-electron chi connectivity index (χ1n) is 14.4. The van der Waals surface area contributed by atoms with Crippen LogP contribution in [0.4, 0.5) is 4.79 Å². The van der Waals surface area contributed by atoms with E-state index in [0.717, 1.165) is 38.6 Å². The van der Waals surface area contributed by atoms with Crippen molar-refractivity contribution in [3.63, 3.8) is 0 Å². The molecule has 2 saturated carbocycles. The summed E-state index contributed by atoms with van der Waals surface area (Å²) in [5.41, 5.74) is 10.6. The SMILES string of the molecule is Cc1cccc(C(CCN(C#N)[C@H]2CC[C@H](NC(N)=O)CC2)c2cn(C3CCCCC3)c3ccccc23)c1. The fourth-order valence-electron chi connectivity index (χ4n) is 6.87. The Morgan fingerprint density at radius 3 is 2.55 bits per heavy atom. The number of hydrogen-bond acceptors (Lipinski definition) is 3. The van der Waals surface area contributed by atoms with Crippen molar-refractivity contribution >= 4 is 16.9 Å². The Labute approximate surface area is 226 Å². The number of carbonyl (C=O) groups excluding carboxylic acids is 1. The summed E-state index contributed by atoms with van der Waals surface area (Å²) in [6, 6.07) is 18.2. The average Bonchev–Trinajstić information content (AvgIpc) is 3.31. The van der Waals surface area contributed by atoms with Crippen molar-refractivity contribution in [2.24, 2.45) is 5.73 Å². The monoisotopic (exact) mass is 511 g/mol. The number of para-hydroxylation sites is 1. The summed E-state index contributed by atoms with van der Waals surface area (Å²) in [5, 5.41) is 14.3. The van der Waals surface area contributed by atoms with Crippen LogP contribution in [0.1, 0.15) is 92.9 Å². The third-order valence-corrected chi connectivity index (χ3v) is 8.83. The van der Waals surface area contributed by atoms with Crippen molar-refractivity contribution in [1.29, 1.82) is 5.26 Å². The van der Waals surface area contributed by atoms with E-state index in [4.69, 9.17) is 5.73 Å². The van der Waals surface area contributed by atoms with E-state index in [1.165, 1.54) is 59.7 Å². The van der Waals surface area contributed by atoms with Gasteiger partial charge in [-0.15, -0.1) is 0 Å². The number of primary amides is 1. The molecule has 38 heavy (non-hydrogen) atoms. The molecular formula is C32H41N5O. The molecule has 2 aliphatic carbocycles. The predicted molar refractivity (Wildman–Crippen MR) is 153 cm³/mol. The molecule has 0 aliphatic heterocycles. The van der Waals surface area contributed by atoms with Crippen LogP contribution >= 0.6 is 0 Å². The molecule has 0 saturated heterocycles. The summed E-state index contributed by atoms with van der Waals surface area (Å²) in [6.07, 6.45) is 15.8. The van der Waals surface area contributed by atoms with Gasteiger partial charge in [0.05, 0.1) is 0 Å². The summed E-state index contributed by atoms with van der Waals surface area (Å²) in [7, 11) is 0. The number of nitrogens with two attached hydrogens (primary N) is 1. The summed E-state index contributed by atoms with van der Waals surface area (Å²) in [4.78, 5) is 13.2. The fraction of sp³-hybridized carbons (Fsp3) is 0.500. The van der Waals surface area contributed by atoms with Crippen LogP contribution in [0.25, 0.3) is 10.9 Å². The van der Waals surface area contributed by atoms with E-state index in [-0.39, 0.29) is 18.0 Å². The van der Waals surface area contributed by atoms with Crippen LogP contribution in [-0.4, -0.2) is 34.1 Å². The number of nitrogens with zero attached hydrogens (tertiary/aromatic N) is 3. The lowest BCUT2D eigenvalue weighted by Gasteiger charge is -2.34. The second kappa shape index (κ2) is 11.9. The molecule has 0 bridgehead atoms. The molecule has 200 valence electrons. The van der Waals surface area contributed by atoms with Crippen LogP contribution in [0.3, 0.4) is 0 Å². The Hall–Kier alpha value is -3.46. The molecule has 6 nitrogen and oxygen atoms in total. The predicted octanol–water partition coefficient (Wildman–Crippen LogP) is 6.74. The number of urea groups is 1. The molecule has 2 fully saturated rings. The molecular weight excluding hydrogens is 470 g/mol. The molecule has 3 aromatic rings. The van der Waals surface area contributed by atoms with Gasteiger partial charge in [-0.3, -0.25) is 0 Å². The Morgan fingerprint density at radius 1 is 1.08 bits per heavy atom. The number of benzene rings is 2. The van der Waals surface area contributed by atoms with E-state index < -0.39 is 6.03 Å². The largest absolute Gasteiger partial charge is 0.352 e. The number of aromatic nitrogens is 1. The van der Waals surface area contributed by atoms with Gasteiger partial charge in [-0.1, -0.05) is 67.3 Å². The smallest absolute Gasteiger partial charge is 0.312 e. The normalized spacial score (nSPS) is 21.1. The molecule has 0 radical (unpaired) electrons. The number of rotatable bonds is 8. The van der Waals surface area contributed by atoms with Crippen molar-refractivity contribution in [3.05, 3.63) is 71.4 Å². The second-order valence-corrected chi connectivity index (χ2v) is 11.4. The highest BCUT2D eigenvalue weighted by Gasteiger charge is 2.28. The van der Waals surface area contributed by atoms with Crippen LogP contribution in [0.15, 0.2) is 54.7 Å². The minimum atomic E-state index is -0.459. The third-order valence-electron chi connectivity index (χ3n) is 8.83. The molecule has 6 heteroatoms. The molecule has 0 spiro atoms. The number of amides is 2. The van der Waals surface area contributed by atoms with Gasteiger partial charge in [-0.25, -0.2) is 4.79 Å². The number of nitrogens with one attached hydrogen (secondary N) is 1. The summed E-state index contributed by atoms with van der Waals surface area (Å²) in [6.45, 7) is 2.88.